The molecule has 0 radical (unpaired) electrons. The standard InChI is InChI=1S/C16H21NO6/c1-21-13-7-11-10(14(22-2)15(13)23-3)5-4-9(6-12(11)18)8-17-16(19)20/h7,9,17H,4-6,8H2,1-3H3,(H,19,20). The highest BCUT2D eigenvalue weighted by atomic mass is 16.5. The topological polar surface area (TPSA) is 94.1 Å². The maximum Gasteiger partial charge on any atom is 0.404 e. The fourth-order valence-corrected chi connectivity index (χ4v) is 2.94. The zero-order valence-electron chi connectivity index (χ0n) is 13.5. The highest BCUT2D eigenvalue weighted by Crippen LogP contribution is 2.44. The molecule has 0 bridgehead atoms. The number of benzene rings is 1. The molecule has 0 aromatic heterocycles. The van der Waals surface area contributed by atoms with Crippen LogP contribution in [0.3, 0.4) is 0 Å². The van der Waals surface area contributed by atoms with Gasteiger partial charge in [-0.1, -0.05) is 0 Å². The van der Waals surface area contributed by atoms with Gasteiger partial charge in [-0.05, 0) is 24.8 Å². The van der Waals surface area contributed by atoms with Crippen molar-refractivity contribution in [1.82, 2.24) is 5.32 Å². The van der Waals surface area contributed by atoms with E-state index in [1.54, 1.807) is 6.07 Å². The number of amides is 1. The lowest BCUT2D eigenvalue weighted by molar-refractivity contribution is 0.0961. The third kappa shape index (κ3) is 3.49. The number of carbonyl (C=O) groups is 2. The number of hydrogen-bond donors (Lipinski definition) is 2. The Morgan fingerprint density at radius 3 is 2.52 bits per heavy atom. The van der Waals surface area contributed by atoms with Crippen LogP contribution in [0.5, 0.6) is 17.2 Å². The first kappa shape index (κ1) is 16.9. The van der Waals surface area contributed by atoms with Crippen molar-refractivity contribution in [2.45, 2.75) is 19.3 Å². The van der Waals surface area contributed by atoms with Crippen LogP contribution in [0.15, 0.2) is 6.07 Å². The Kier molecular flexibility index (Phi) is 5.31. The molecule has 0 spiro atoms. The summed E-state index contributed by atoms with van der Waals surface area (Å²) in [5, 5.41) is 11.1. The monoisotopic (exact) mass is 323 g/mol. The second-order valence-electron chi connectivity index (χ2n) is 5.39. The fraction of sp³-hybridized carbons (Fsp3) is 0.500. The van der Waals surface area contributed by atoms with Crippen LogP contribution < -0.4 is 19.5 Å². The van der Waals surface area contributed by atoms with Crippen LogP contribution >= 0.6 is 0 Å². The first-order valence-corrected chi connectivity index (χ1v) is 7.33. The largest absolute Gasteiger partial charge is 0.493 e. The number of hydrogen-bond acceptors (Lipinski definition) is 5. The third-order valence-electron chi connectivity index (χ3n) is 4.05. The molecular weight excluding hydrogens is 302 g/mol. The van der Waals surface area contributed by atoms with Crippen molar-refractivity contribution in [2.24, 2.45) is 5.92 Å². The van der Waals surface area contributed by atoms with Gasteiger partial charge in [0, 0.05) is 24.1 Å². The average molecular weight is 323 g/mol. The van der Waals surface area contributed by atoms with Gasteiger partial charge in [-0.15, -0.1) is 0 Å². The van der Waals surface area contributed by atoms with Crippen LogP contribution in [0.2, 0.25) is 0 Å². The van der Waals surface area contributed by atoms with E-state index in [2.05, 4.69) is 5.32 Å². The number of rotatable bonds is 5. The van der Waals surface area contributed by atoms with Gasteiger partial charge in [0.2, 0.25) is 5.75 Å². The molecule has 1 aromatic carbocycles. The smallest absolute Gasteiger partial charge is 0.404 e. The molecule has 1 aliphatic rings. The Hall–Kier alpha value is -2.44. The number of methoxy groups -OCH3 is 3. The fourth-order valence-electron chi connectivity index (χ4n) is 2.94. The molecule has 2 N–H and O–H groups in total. The van der Waals surface area contributed by atoms with Crippen molar-refractivity contribution in [3.63, 3.8) is 0 Å². The maximum absolute atomic E-state index is 12.6. The summed E-state index contributed by atoms with van der Waals surface area (Å²) in [6, 6.07) is 1.67. The van der Waals surface area contributed by atoms with Crippen molar-refractivity contribution < 1.29 is 28.9 Å². The zero-order chi connectivity index (χ0) is 17.0. The number of ether oxygens (including phenoxy) is 3. The number of Topliss-reactive ketones (excluding diaryl/α,β-unsaturated/α-hetero) is 1. The van der Waals surface area contributed by atoms with Gasteiger partial charge in [0.25, 0.3) is 0 Å². The van der Waals surface area contributed by atoms with Gasteiger partial charge in [-0.25, -0.2) is 4.79 Å². The molecule has 0 saturated carbocycles. The lowest BCUT2D eigenvalue weighted by atomic mass is 9.99. The van der Waals surface area contributed by atoms with E-state index in [1.165, 1.54) is 21.3 Å². The summed E-state index contributed by atoms with van der Waals surface area (Å²) in [6.07, 6.45) is 0.494. The highest BCUT2D eigenvalue weighted by Gasteiger charge is 2.29. The van der Waals surface area contributed by atoms with Gasteiger partial charge in [-0.2, -0.15) is 0 Å². The molecule has 2 rings (SSSR count). The maximum atomic E-state index is 12.6. The molecule has 0 aliphatic heterocycles. The minimum atomic E-state index is -1.08. The Morgan fingerprint density at radius 1 is 1.26 bits per heavy atom. The van der Waals surface area contributed by atoms with E-state index >= 15 is 0 Å². The van der Waals surface area contributed by atoms with Crippen molar-refractivity contribution in [3.05, 3.63) is 17.2 Å². The summed E-state index contributed by atoms with van der Waals surface area (Å²) in [6.45, 7) is 0.256. The predicted molar refractivity (Wildman–Crippen MR) is 82.9 cm³/mol. The summed E-state index contributed by atoms with van der Waals surface area (Å²) in [4.78, 5) is 23.2. The number of nitrogens with one attached hydrogen (secondary N) is 1. The molecule has 23 heavy (non-hydrogen) atoms. The third-order valence-corrected chi connectivity index (χ3v) is 4.05. The molecule has 126 valence electrons. The number of ketones is 1. The van der Waals surface area contributed by atoms with Crippen LogP contribution in [0.25, 0.3) is 0 Å². The van der Waals surface area contributed by atoms with Gasteiger partial charge in [-0.3, -0.25) is 4.79 Å². The van der Waals surface area contributed by atoms with Gasteiger partial charge >= 0.3 is 6.09 Å². The molecule has 1 aliphatic carbocycles. The SMILES string of the molecule is COc1cc2c(c(OC)c1OC)CCC(CNC(=O)O)CC2=O. The highest BCUT2D eigenvalue weighted by molar-refractivity contribution is 5.99. The van der Waals surface area contributed by atoms with Gasteiger partial charge < -0.3 is 24.6 Å². The van der Waals surface area contributed by atoms with E-state index in [1.807, 2.05) is 0 Å². The van der Waals surface area contributed by atoms with Gasteiger partial charge in [0.15, 0.2) is 17.3 Å². The second-order valence-corrected chi connectivity index (χ2v) is 5.39. The van der Waals surface area contributed by atoms with E-state index in [9.17, 15) is 9.59 Å². The molecule has 0 fully saturated rings. The number of carbonyl (C=O) groups excluding carboxylic acids is 1. The van der Waals surface area contributed by atoms with Crippen molar-refractivity contribution in [1.29, 1.82) is 0 Å². The van der Waals surface area contributed by atoms with Crippen LogP contribution in [-0.4, -0.2) is 44.9 Å². The quantitative estimate of drug-likeness (QED) is 0.806. The van der Waals surface area contributed by atoms with Crippen LogP contribution in [0.4, 0.5) is 4.79 Å². The summed E-state index contributed by atoms with van der Waals surface area (Å²) >= 11 is 0. The zero-order valence-corrected chi connectivity index (χ0v) is 13.5. The molecule has 1 aromatic rings. The van der Waals surface area contributed by atoms with E-state index < -0.39 is 6.09 Å². The summed E-state index contributed by atoms with van der Waals surface area (Å²) < 4.78 is 16.1. The Labute approximate surface area is 134 Å². The van der Waals surface area contributed by atoms with E-state index in [0.717, 1.165) is 5.56 Å². The molecular formula is C16H21NO6. The molecule has 0 saturated heterocycles. The summed E-state index contributed by atoms with van der Waals surface area (Å²) in [5.41, 5.74) is 1.34. The van der Waals surface area contributed by atoms with Crippen LogP contribution in [0.1, 0.15) is 28.8 Å². The number of fused-ring (bicyclic) bond motifs is 1. The molecule has 1 unspecified atom stereocenters. The lowest BCUT2D eigenvalue weighted by Crippen LogP contribution is -2.28. The molecule has 7 heteroatoms. The molecule has 1 atom stereocenters. The normalized spacial score (nSPS) is 17.0. The van der Waals surface area contributed by atoms with Crippen molar-refractivity contribution in [2.75, 3.05) is 27.9 Å². The molecule has 7 nitrogen and oxygen atoms in total. The predicted octanol–water partition coefficient (Wildman–Crippen LogP) is 2.12. The van der Waals surface area contributed by atoms with Crippen molar-refractivity contribution in [3.8, 4) is 17.2 Å². The van der Waals surface area contributed by atoms with Crippen molar-refractivity contribution >= 4 is 11.9 Å². The Bertz CT molecular complexity index is 613. The summed E-state index contributed by atoms with van der Waals surface area (Å²) in [7, 11) is 4.55. The first-order valence-electron chi connectivity index (χ1n) is 7.33. The lowest BCUT2D eigenvalue weighted by Gasteiger charge is -2.17. The first-order chi connectivity index (χ1) is 11.0. The van der Waals surface area contributed by atoms with E-state index in [0.29, 0.717) is 35.7 Å². The van der Waals surface area contributed by atoms with Gasteiger partial charge in [0.05, 0.1) is 21.3 Å². The Morgan fingerprint density at radius 2 is 1.96 bits per heavy atom. The second kappa shape index (κ2) is 7.21. The minimum Gasteiger partial charge on any atom is -0.493 e. The molecule has 1 amide bonds. The molecule has 0 heterocycles. The van der Waals surface area contributed by atoms with Crippen LogP contribution in [0, 0.1) is 5.92 Å². The van der Waals surface area contributed by atoms with E-state index in [-0.39, 0.29) is 24.7 Å². The minimum absolute atomic E-state index is 0.0473. The van der Waals surface area contributed by atoms with E-state index in [4.69, 9.17) is 19.3 Å². The van der Waals surface area contributed by atoms with Gasteiger partial charge in [0.1, 0.15) is 0 Å². The summed E-state index contributed by atoms with van der Waals surface area (Å²) in [5.74, 6) is 1.31. The number of carboxylic acid groups (broad SMARTS) is 1. The average Bonchev–Trinajstić information content (AvgIpc) is 2.70. The Balaban J connectivity index is 2.38. The van der Waals surface area contributed by atoms with Crippen LogP contribution in [-0.2, 0) is 6.42 Å².